The molecule has 19 heavy (non-hydrogen) atoms. The second-order valence-electron chi connectivity index (χ2n) is 3.62. The van der Waals surface area contributed by atoms with Crippen molar-refractivity contribution < 1.29 is 4.79 Å². The minimum absolute atomic E-state index is 0.130. The van der Waals surface area contributed by atoms with Gasteiger partial charge in [0.2, 0.25) is 11.0 Å². The van der Waals surface area contributed by atoms with Crippen LogP contribution in [0.3, 0.4) is 0 Å². The Bertz CT molecular complexity index is 588. The van der Waals surface area contributed by atoms with Crippen molar-refractivity contribution >= 4 is 22.6 Å². The topological polar surface area (TPSA) is 66.9 Å². The lowest BCUT2D eigenvalue weighted by Gasteiger charge is -2.01. The first-order chi connectivity index (χ1) is 9.29. The molecule has 0 atom stereocenters. The molecule has 0 bridgehead atoms. The van der Waals surface area contributed by atoms with Crippen LogP contribution in [0.15, 0.2) is 30.3 Å². The molecule has 0 spiro atoms. The Labute approximate surface area is 115 Å². The summed E-state index contributed by atoms with van der Waals surface area (Å²) in [5.74, 6) is 2.82. The Morgan fingerprint density at radius 1 is 1.37 bits per heavy atom. The molecule has 5 nitrogen and oxygen atoms in total. The quantitative estimate of drug-likeness (QED) is 0.807. The monoisotopic (exact) mass is 272 g/mol. The van der Waals surface area contributed by atoms with E-state index in [1.54, 1.807) is 0 Å². The van der Waals surface area contributed by atoms with Crippen LogP contribution in [-0.4, -0.2) is 28.4 Å². The Kier molecular flexibility index (Phi) is 4.48. The third kappa shape index (κ3) is 3.79. The number of nitrogens with one attached hydrogen (secondary N) is 2. The fourth-order valence-electron chi connectivity index (χ4n) is 1.37. The summed E-state index contributed by atoms with van der Waals surface area (Å²) in [6.07, 6.45) is 5.05. The van der Waals surface area contributed by atoms with Crippen LogP contribution in [-0.2, 0) is 4.79 Å². The number of aromatic nitrogens is 2. The number of rotatable bonds is 5. The number of benzene rings is 1. The number of nitrogens with zero attached hydrogens (tertiary/aromatic N) is 2. The lowest BCUT2D eigenvalue weighted by Crippen LogP contribution is -2.29. The maximum atomic E-state index is 11.3. The molecule has 0 saturated heterocycles. The molecule has 0 aliphatic rings. The molecular weight excluding hydrogens is 260 g/mol. The zero-order valence-electron chi connectivity index (χ0n) is 10.1. The molecule has 0 unspecified atom stereocenters. The van der Waals surface area contributed by atoms with Crippen molar-refractivity contribution in [3.05, 3.63) is 30.3 Å². The van der Waals surface area contributed by atoms with Crippen LogP contribution >= 0.6 is 11.5 Å². The fourth-order valence-corrected chi connectivity index (χ4v) is 1.95. The van der Waals surface area contributed by atoms with Gasteiger partial charge in [-0.15, -0.1) is 6.42 Å². The highest BCUT2D eigenvalue weighted by Gasteiger charge is 2.07. The number of terminal acetylenes is 1. The molecule has 2 rings (SSSR count). The van der Waals surface area contributed by atoms with Crippen molar-refractivity contribution in [2.24, 2.45) is 0 Å². The van der Waals surface area contributed by atoms with Crippen LogP contribution in [0.25, 0.3) is 11.4 Å². The summed E-state index contributed by atoms with van der Waals surface area (Å²) in [5.41, 5.74) is 0.948. The second-order valence-corrected chi connectivity index (χ2v) is 4.38. The van der Waals surface area contributed by atoms with Crippen LogP contribution in [0.1, 0.15) is 0 Å². The number of hydrogen-bond donors (Lipinski definition) is 2. The molecule has 96 valence electrons. The summed E-state index contributed by atoms with van der Waals surface area (Å²) < 4.78 is 4.23. The van der Waals surface area contributed by atoms with Gasteiger partial charge in [-0.1, -0.05) is 36.3 Å². The molecule has 0 fully saturated rings. The highest BCUT2D eigenvalue weighted by Crippen LogP contribution is 2.20. The summed E-state index contributed by atoms with van der Waals surface area (Å²) in [7, 11) is 0. The summed E-state index contributed by atoms with van der Waals surface area (Å²) in [6, 6.07) is 9.66. The van der Waals surface area contributed by atoms with Gasteiger partial charge in [0.25, 0.3) is 0 Å². The minimum atomic E-state index is -0.172. The van der Waals surface area contributed by atoms with Crippen molar-refractivity contribution in [3.63, 3.8) is 0 Å². The highest BCUT2D eigenvalue weighted by molar-refractivity contribution is 7.09. The summed E-state index contributed by atoms with van der Waals surface area (Å²) in [4.78, 5) is 15.6. The van der Waals surface area contributed by atoms with E-state index in [0.717, 1.165) is 5.56 Å². The van der Waals surface area contributed by atoms with E-state index < -0.39 is 0 Å². The molecule has 2 aromatic rings. The van der Waals surface area contributed by atoms with Gasteiger partial charge in [-0.25, -0.2) is 0 Å². The molecular formula is C13H12N4OS. The molecule has 1 aromatic carbocycles. The number of anilines is 1. The molecule has 1 heterocycles. The van der Waals surface area contributed by atoms with Crippen molar-refractivity contribution in [2.45, 2.75) is 0 Å². The van der Waals surface area contributed by atoms with Crippen LogP contribution in [0.4, 0.5) is 5.13 Å². The van der Waals surface area contributed by atoms with Gasteiger partial charge in [0.15, 0.2) is 5.82 Å². The number of hydrogen-bond acceptors (Lipinski definition) is 5. The average molecular weight is 272 g/mol. The van der Waals surface area contributed by atoms with Crippen molar-refractivity contribution in [1.82, 2.24) is 14.7 Å². The number of carbonyl (C=O) groups excluding carboxylic acids is 1. The Balaban J connectivity index is 1.92. The zero-order valence-corrected chi connectivity index (χ0v) is 10.9. The first kappa shape index (κ1) is 13.1. The largest absolute Gasteiger partial charge is 0.351 e. The minimum Gasteiger partial charge on any atom is -0.351 e. The van der Waals surface area contributed by atoms with E-state index >= 15 is 0 Å². The van der Waals surface area contributed by atoms with Gasteiger partial charge in [0.1, 0.15) is 0 Å². The number of carbonyl (C=O) groups is 1. The van der Waals surface area contributed by atoms with E-state index in [4.69, 9.17) is 6.42 Å². The van der Waals surface area contributed by atoms with Gasteiger partial charge >= 0.3 is 0 Å². The van der Waals surface area contributed by atoms with E-state index in [-0.39, 0.29) is 19.0 Å². The molecule has 2 N–H and O–H groups in total. The van der Waals surface area contributed by atoms with Crippen LogP contribution in [0.5, 0.6) is 0 Å². The van der Waals surface area contributed by atoms with E-state index in [0.29, 0.717) is 11.0 Å². The maximum Gasteiger partial charge on any atom is 0.240 e. The molecule has 0 saturated carbocycles. The summed E-state index contributed by atoms with van der Waals surface area (Å²) in [5, 5.41) is 6.07. The molecule has 0 aliphatic heterocycles. The van der Waals surface area contributed by atoms with Crippen molar-refractivity contribution in [1.29, 1.82) is 0 Å². The predicted octanol–water partition coefficient (Wildman–Crippen LogP) is 1.37. The van der Waals surface area contributed by atoms with Gasteiger partial charge in [0, 0.05) is 17.1 Å². The first-order valence-corrected chi connectivity index (χ1v) is 6.40. The summed E-state index contributed by atoms with van der Waals surface area (Å²) >= 11 is 1.22. The van der Waals surface area contributed by atoms with E-state index in [1.165, 1.54) is 11.5 Å². The first-order valence-electron chi connectivity index (χ1n) is 5.63. The fraction of sp³-hybridized carbons (Fsp3) is 0.154. The lowest BCUT2D eigenvalue weighted by molar-refractivity contribution is -0.119. The second kappa shape index (κ2) is 6.52. The van der Waals surface area contributed by atoms with Crippen LogP contribution in [0.2, 0.25) is 0 Å². The normalized spacial score (nSPS) is 9.63. The van der Waals surface area contributed by atoms with Gasteiger partial charge in [-0.2, -0.15) is 9.36 Å². The van der Waals surface area contributed by atoms with Gasteiger partial charge < -0.3 is 10.6 Å². The standard InChI is InChI=1S/C13H12N4OS/c1-2-8-14-11(18)9-15-13-16-12(17-19-13)10-6-4-3-5-7-10/h1,3-7H,8-9H2,(H,14,18)(H,15,16,17). The van der Waals surface area contributed by atoms with Gasteiger partial charge in [0.05, 0.1) is 13.1 Å². The molecule has 6 heteroatoms. The smallest absolute Gasteiger partial charge is 0.240 e. The average Bonchev–Trinajstić information content (AvgIpc) is 2.93. The third-order valence-electron chi connectivity index (χ3n) is 2.25. The van der Waals surface area contributed by atoms with E-state index in [1.807, 2.05) is 30.3 Å². The molecule has 0 radical (unpaired) electrons. The van der Waals surface area contributed by atoms with Gasteiger partial charge in [-0.3, -0.25) is 4.79 Å². The molecule has 1 aromatic heterocycles. The molecule has 1 amide bonds. The Morgan fingerprint density at radius 3 is 2.89 bits per heavy atom. The van der Waals surface area contributed by atoms with Crippen LogP contribution < -0.4 is 10.6 Å². The van der Waals surface area contributed by atoms with E-state index in [2.05, 4.69) is 25.9 Å². The zero-order chi connectivity index (χ0) is 13.5. The molecule has 0 aliphatic carbocycles. The number of amides is 1. The van der Waals surface area contributed by atoms with Gasteiger partial charge in [-0.05, 0) is 0 Å². The van der Waals surface area contributed by atoms with Crippen molar-refractivity contribution in [2.75, 3.05) is 18.4 Å². The predicted molar refractivity (Wildman–Crippen MR) is 75.7 cm³/mol. The van der Waals surface area contributed by atoms with Crippen LogP contribution in [0, 0.1) is 12.3 Å². The SMILES string of the molecule is C#CCNC(=O)CNc1nc(-c2ccccc2)ns1. The highest BCUT2D eigenvalue weighted by atomic mass is 32.1. The van der Waals surface area contributed by atoms with Crippen molar-refractivity contribution in [3.8, 4) is 23.7 Å². The Hall–Kier alpha value is -2.39. The maximum absolute atomic E-state index is 11.3. The third-order valence-corrected chi connectivity index (χ3v) is 2.92. The summed E-state index contributed by atoms with van der Waals surface area (Å²) in [6.45, 7) is 0.358. The lowest BCUT2D eigenvalue weighted by atomic mass is 10.2. The Morgan fingerprint density at radius 2 is 2.16 bits per heavy atom. The van der Waals surface area contributed by atoms with E-state index in [9.17, 15) is 4.79 Å².